The molecule has 0 bridgehead atoms. The molecule has 3 unspecified atom stereocenters. The van der Waals surface area contributed by atoms with Crippen LogP contribution in [0.4, 0.5) is 0 Å². The van der Waals surface area contributed by atoms with Gasteiger partial charge in [-0.05, 0) is 57.8 Å². The van der Waals surface area contributed by atoms with Crippen LogP contribution in [-0.2, 0) is 4.79 Å². The van der Waals surface area contributed by atoms with Crippen molar-refractivity contribution in [2.24, 2.45) is 0 Å². The average molecular weight is 606 g/mol. The molecular weight excluding hydrogens is 534 g/mol. The van der Waals surface area contributed by atoms with E-state index in [1.165, 1.54) is 103 Å². The van der Waals surface area contributed by atoms with Crippen molar-refractivity contribution in [3.05, 3.63) is 36.5 Å². The van der Waals surface area contributed by atoms with Crippen LogP contribution in [0.25, 0.3) is 0 Å². The molecule has 0 aromatic heterocycles. The molecule has 252 valence electrons. The Morgan fingerprint density at radius 2 is 0.953 bits per heavy atom. The Labute approximate surface area is 266 Å². The van der Waals surface area contributed by atoms with Gasteiger partial charge < -0.3 is 20.6 Å². The number of aliphatic hydroxyl groups excluding tert-OH is 3. The van der Waals surface area contributed by atoms with E-state index in [9.17, 15) is 20.1 Å². The van der Waals surface area contributed by atoms with Crippen LogP contribution >= 0.6 is 0 Å². The third-order valence-electron chi connectivity index (χ3n) is 8.20. The molecule has 43 heavy (non-hydrogen) atoms. The molecule has 0 aromatic carbocycles. The topological polar surface area (TPSA) is 89.8 Å². The molecule has 0 aliphatic carbocycles. The number of rotatable bonds is 32. The summed E-state index contributed by atoms with van der Waals surface area (Å²) in [6.45, 7) is 4.13. The number of amides is 1. The zero-order valence-electron chi connectivity index (χ0n) is 28.3. The van der Waals surface area contributed by atoms with E-state index < -0.39 is 24.2 Å². The van der Waals surface area contributed by atoms with E-state index in [0.29, 0.717) is 6.42 Å². The lowest BCUT2D eigenvalue weighted by Gasteiger charge is -2.21. The normalized spacial score (nSPS) is 14.3. The molecule has 0 saturated heterocycles. The molecule has 0 saturated carbocycles. The molecule has 0 radical (unpaired) electrons. The first-order valence-corrected chi connectivity index (χ1v) is 18.3. The molecule has 5 nitrogen and oxygen atoms in total. The van der Waals surface area contributed by atoms with Crippen molar-refractivity contribution < 1.29 is 20.1 Å². The highest BCUT2D eigenvalue weighted by Crippen LogP contribution is 2.12. The van der Waals surface area contributed by atoms with E-state index in [1.54, 1.807) is 6.08 Å². The van der Waals surface area contributed by atoms with Crippen LogP contribution in [0.5, 0.6) is 0 Å². The number of carbonyl (C=O) groups excluding carboxylic acids is 1. The Bertz CT molecular complexity index is 675. The minimum atomic E-state index is -1.11. The van der Waals surface area contributed by atoms with Crippen LogP contribution < -0.4 is 5.32 Å². The lowest BCUT2D eigenvalue weighted by Crippen LogP contribution is -2.48. The highest BCUT2D eigenvalue weighted by Gasteiger charge is 2.22. The molecule has 0 spiro atoms. The number of aliphatic hydroxyl groups is 3. The third kappa shape index (κ3) is 29.1. The molecule has 0 aromatic rings. The van der Waals surface area contributed by atoms with Gasteiger partial charge in [-0.2, -0.15) is 0 Å². The molecule has 0 fully saturated rings. The summed E-state index contributed by atoms with van der Waals surface area (Å²) >= 11 is 0. The number of hydrogen-bond acceptors (Lipinski definition) is 4. The molecule has 4 N–H and O–H groups in total. The first-order chi connectivity index (χ1) is 21.1. The predicted molar refractivity (Wildman–Crippen MR) is 185 cm³/mol. The molecule has 0 aliphatic rings. The first kappa shape index (κ1) is 41.6. The second-order valence-electron chi connectivity index (χ2n) is 12.4. The monoisotopic (exact) mass is 606 g/mol. The van der Waals surface area contributed by atoms with Crippen molar-refractivity contribution in [3.8, 4) is 0 Å². The van der Waals surface area contributed by atoms with Crippen molar-refractivity contribution in [2.75, 3.05) is 6.61 Å². The second-order valence-corrected chi connectivity index (χ2v) is 12.4. The van der Waals surface area contributed by atoms with E-state index in [1.807, 2.05) is 6.08 Å². The van der Waals surface area contributed by atoms with Gasteiger partial charge in [-0.25, -0.2) is 0 Å². The van der Waals surface area contributed by atoms with Gasteiger partial charge in [-0.15, -0.1) is 0 Å². The van der Waals surface area contributed by atoms with Crippen LogP contribution in [-0.4, -0.2) is 46.1 Å². The molecule has 5 heteroatoms. The summed E-state index contributed by atoms with van der Waals surface area (Å²) in [7, 11) is 0. The van der Waals surface area contributed by atoms with Gasteiger partial charge in [-0.1, -0.05) is 153 Å². The maximum atomic E-state index is 12.4. The van der Waals surface area contributed by atoms with Gasteiger partial charge in [-0.3, -0.25) is 4.79 Å². The number of hydrogen-bond donors (Lipinski definition) is 4. The van der Waals surface area contributed by atoms with Crippen LogP contribution in [0.1, 0.15) is 174 Å². The van der Waals surface area contributed by atoms with Crippen LogP contribution in [0.15, 0.2) is 36.5 Å². The smallest absolute Gasteiger partial charge is 0.249 e. The molecule has 0 aliphatic heterocycles. The summed E-state index contributed by atoms with van der Waals surface area (Å²) in [5.74, 6) is -0.524. The summed E-state index contributed by atoms with van der Waals surface area (Å²) in [5, 5.41) is 32.9. The standard InChI is InChI=1S/C38H71NO4/c1-3-5-7-9-11-13-15-17-19-21-23-25-27-29-31-33-37(42)38(43)39-35(34-40)36(41)32-30-28-26-24-22-20-18-16-14-12-10-8-6-4-2/h19,21-22,24,30,32,35-37,40-42H,3-18,20,23,25-29,31,33-34H2,1-2H3,(H,39,43)/b21-19-,24-22+,32-30+. The van der Waals surface area contributed by atoms with Crippen molar-refractivity contribution in [2.45, 2.75) is 193 Å². The lowest BCUT2D eigenvalue weighted by atomic mass is 10.1. The summed E-state index contributed by atoms with van der Waals surface area (Å²) in [5.41, 5.74) is 0. The first-order valence-electron chi connectivity index (χ1n) is 18.3. The summed E-state index contributed by atoms with van der Waals surface area (Å²) in [4.78, 5) is 12.4. The van der Waals surface area contributed by atoms with Gasteiger partial charge in [0.1, 0.15) is 6.10 Å². The van der Waals surface area contributed by atoms with Gasteiger partial charge in [0.05, 0.1) is 18.8 Å². The lowest BCUT2D eigenvalue weighted by molar-refractivity contribution is -0.131. The highest BCUT2D eigenvalue weighted by atomic mass is 16.3. The van der Waals surface area contributed by atoms with Gasteiger partial charge in [0, 0.05) is 0 Å². The Morgan fingerprint density at radius 1 is 0.558 bits per heavy atom. The third-order valence-corrected chi connectivity index (χ3v) is 8.20. The number of carbonyl (C=O) groups is 1. The summed E-state index contributed by atoms with van der Waals surface area (Å²) < 4.78 is 0. The van der Waals surface area contributed by atoms with E-state index in [-0.39, 0.29) is 6.61 Å². The minimum absolute atomic E-state index is 0.380. The molecule has 0 rings (SSSR count). The largest absolute Gasteiger partial charge is 0.394 e. The van der Waals surface area contributed by atoms with Crippen LogP contribution in [0.2, 0.25) is 0 Å². The van der Waals surface area contributed by atoms with Crippen LogP contribution in [0, 0.1) is 0 Å². The summed E-state index contributed by atoms with van der Waals surface area (Å²) in [6, 6.07) is -0.816. The van der Waals surface area contributed by atoms with Crippen molar-refractivity contribution >= 4 is 5.91 Å². The van der Waals surface area contributed by atoms with Crippen LogP contribution in [0.3, 0.4) is 0 Å². The zero-order chi connectivity index (χ0) is 31.6. The Balaban J connectivity index is 3.83. The minimum Gasteiger partial charge on any atom is -0.394 e. The van der Waals surface area contributed by atoms with E-state index in [0.717, 1.165) is 51.4 Å². The maximum Gasteiger partial charge on any atom is 0.249 e. The predicted octanol–water partition coefficient (Wildman–Crippen LogP) is 9.65. The van der Waals surface area contributed by atoms with Crippen molar-refractivity contribution in [1.82, 2.24) is 5.32 Å². The van der Waals surface area contributed by atoms with Crippen molar-refractivity contribution in [3.63, 3.8) is 0 Å². The van der Waals surface area contributed by atoms with Gasteiger partial charge in [0.15, 0.2) is 0 Å². The van der Waals surface area contributed by atoms with E-state index in [2.05, 4.69) is 43.5 Å². The van der Waals surface area contributed by atoms with Gasteiger partial charge in [0.25, 0.3) is 0 Å². The SMILES string of the molecule is CCCCCCCCC/C=C\CCCCCCC(O)C(=O)NC(CO)C(O)/C=C/CC/C=C/CCCCCCCCCC. The zero-order valence-corrected chi connectivity index (χ0v) is 28.3. The van der Waals surface area contributed by atoms with Gasteiger partial charge >= 0.3 is 0 Å². The van der Waals surface area contributed by atoms with E-state index in [4.69, 9.17) is 0 Å². The fraction of sp³-hybridized carbons (Fsp3) is 0.816. The summed E-state index contributed by atoms with van der Waals surface area (Å²) in [6.07, 6.45) is 40.1. The fourth-order valence-corrected chi connectivity index (χ4v) is 5.25. The average Bonchev–Trinajstić information content (AvgIpc) is 3.01. The molecule has 3 atom stereocenters. The number of unbranched alkanes of at least 4 members (excludes halogenated alkanes) is 20. The fourth-order valence-electron chi connectivity index (χ4n) is 5.25. The number of allylic oxidation sites excluding steroid dienone is 5. The van der Waals surface area contributed by atoms with Gasteiger partial charge in [0.2, 0.25) is 5.91 Å². The highest BCUT2D eigenvalue weighted by molar-refractivity contribution is 5.80. The Hall–Kier alpha value is -1.43. The quantitative estimate of drug-likeness (QED) is 0.0454. The maximum absolute atomic E-state index is 12.4. The molecule has 0 heterocycles. The van der Waals surface area contributed by atoms with Crippen molar-refractivity contribution in [1.29, 1.82) is 0 Å². The Kier molecular flexibility index (Phi) is 32.3. The van der Waals surface area contributed by atoms with E-state index >= 15 is 0 Å². The molecular formula is C38H71NO4. The number of nitrogens with one attached hydrogen (secondary N) is 1. The Morgan fingerprint density at radius 3 is 1.42 bits per heavy atom. The second kappa shape index (κ2) is 33.5. The molecule has 1 amide bonds.